The van der Waals surface area contributed by atoms with Gasteiger partial charge in [-0.05, 0) is 47.0 Å². The van der Waals surface area contributed by atoms with Crippen molar-refractivity contribution in [1.82, 2.24) is 0 Å². The topological polar surface area (TPSA) is 33.0 Å². The third-order valence-corrected chi connectivity index (χ3v) is 4.39. The molecule has 0 aliphatic carbocycles. The van der Waals surface area contributed by atoms with Crippen LogP contribution in [0.2, 0.25) is 10.0 Å². The van der Waals surface area contributed by atoms with Crippen molar-refractivity contribution in [1.29, 1.82) is 5.26 Å². The molecule has 0 fully saturated rings. The molecule has 0 radical (unpaired) electrons. The van der Waals surface area contributed by atoms with Gasteiger partial charge in [-0.2, -0.15) is 5.26 Å². The number of halogens is 3. The molecule has 0 bridgehead atoms. The van der Waals surface area contributed by atoms with Gasteiger partial charge >= 0.3 is 0 Å². The molecule has 5 heteroatoms. The number of allylic oxidation sites excluding steroid dienone is 1. The first kappa shape index (κ1) is 19.0. The van der Waals surface area contributed by atoms with Crippen molar-refractivity contribution in [2.24, 2.45) is 0 Å². The molecule has 0 atom stereocenters. The van der Waals surface area contributed by atoms with Gasteiger partial charge in [0.15, 0.2) is 5.75 Å². The van der Waals surface area contributed by atoms with Gasteiger partial charge in [0.2, 0.25) is 0 Å². The van der Waals surface area contributed by atoms with Crippen LogP contribution < -0.4 is 4.74 Å². The van der Waals surface area contributed by atoms with E-state index in [9.17, 15) is 9.65 Å². The van der Waals surface area contributed by atoms with Gasteiger partial charge in [0, 0.05) is 0 Å². The first-order valence-corrected chi connectivity index (χ1v) is 8.86. The molecule has 0 amide bonds. The lowest BCUT2D eigenvalue weighted by molar-refractivity contribution is 0.306. The minimum absolute atomic E-state index is 0.211. The fourth-order valence-corrected chi connectivity index (χ4v) is 3.11. The van der Waals surface area contributed by atoms with Gasteiger partial charge < -0.3 is 4.74 Å². The molecule has 2 nitrogen and oxygen atoms in total. The van der Waals surface area contributed by atoms with Crippen molar-refractivity contribution >= 4 is 34.9 Å². The predicted octanol–water partition coefficient (Wildman–Crippen LogP) is 6.78. The molecule has 27 heavy (non-hydrogen) atoms. The third-order valence-electron chi connectivity index (χ3n) is 3.83. The Bertz CT molecular complexity index is 986. The number of nitrogens with zero attached hydrogens (tertiary/aromatic N) is 1. The molecular formula is C22H14Cl2FNO. The van der Waals surface area contributed by atoms with Gasteiger partial charge in [0.05, 0.1) is 21.7 Å². The Labute approximate surface area is 167 Å². The molecule has 0 aliphatic rings. The molecule has 0 N–H and O–H groups in total. The Kier molecular flexibility index (Phi) is 6.13. The molecule has 3 aromatic rings. The molecule has 3 rings (SSSR count). The van der Waals surface area contributed by atoms with E-state index in [1.165, 1.54) is 12.1 Å². The van der Waals surface area contributed by atoms with Crippen LogP contribution >= 0.6 is 23.2 Å². The normalized spacial score (nSPS) is 11.1. The van der Waals surface area contributed by atoms with Gasteiger partial charge in [-0.25, -0.2) is 4.39 Å². The van der Waals surface area contributed by atoms with Crippen LogP contribution in [0.25, 0.3) is 11.6 Å². The lowest BCUT2D eigenvalue weighted by Crippen LogP contribution is -1.97. The summed E-state index contributed by atoms with van der Waals surface area (Å²) < 4.78 is 18.7. The van der Waals surface area contributed by atoms with Gasteiger partial charge in [-0.3, -0.25) is 0 Å². The van der Waals surface area contributed by atoms with Crippen LogP contribution in [0.4, 0.5) is 4.39 Å². The smallest absolute Gasteiger partial charge is 0.157 e. The second-order valence-corrected chi connectivity index (χ2v) is 6.58. The number of benzene rings is 3. The van der Waals surface area contributed by atoms with Crippen LogP contribution in [-0.2, 0) is 6.61 Å². The van der Waals surface area contributed by atoms with E-state index in [4.69, 9.17) is 27.9 Å². The predicted molar refractivity (Wildman–Crippen MR) is 107 cm³/mol. The highest BCUT2D eigenvalue weighted by Gasteiger charge is 2.11. The van der Waals surface area contributed by atoms with Gasteiger partial charge in [-0.15, -0.1) is 0 Å². The summed E-state index contributed by atoms with van der Waals surface area (Å²) in [6.45, 7) is 0.211. The highest BCUT2D eigenvalue weighted by Crippen LogP contribution is 2.36. The largest absolute Gasteiger partial charge is 0.486 e. The summed E-state index contributed by atoms with van der Waals surface area (Å²) in [5.41, 5.74) is 2.80. The fraction of sp³-hybridized carbons (Fsp3) is 0.0455. The highest BCUT2D eigenvalue weighted by molar-refractivity contribution is 6.37. The number of rotatable bonds is 5. The lowest BCUT2D eigenvalue weighted by atomic mass is 10.0. The zero-order chi connectivity index (χ0) is 19.2. The van der Waals surface area contributed by atoms with E-state index in [1.54, 1.807) is 30.3 Å². The zero-order valence-corrected chi connectivity index (χ0v) is 15.6. The van der Waals surface area contributed by atoms with Gasteiger partial charge in [0.25, 0.3) is 0 Å². The molecule has 3 aromatic carbocycles. The SMILES string of the molecule is N#C/C(=C\c1cc(Cl)c(OCc2ccc(F)cc2)c(Cl)c1)c1ccccc1. The van der Waals surface area contributed by atoms with Crippen LogP contribution in [0.5, 0.6) is 5.75 Å². The summed E-state index contributed by atoms with van der Waals surface area (Å²) in [6, 6.07) is 20.9. The summed E-state index contributed by atoms with van der Waals surface area (Å²) in [6.07, 6.45) is 1.72. The average molecular weight is 398 g/mol. The van der Waals surface area contributed by atoms with Crippen LogP contribution in [0.3, 0.4) is 0 Å². The Hall–Kier alpha value is -2.80. The molecule has 0 heterocycles. The van der Waals surface area contributed by atoms with Crippen LogP contribution in [0.1, 0.15) is 16.7 Å². The number of hydrogen-bond acceptors (Lipinski definition) is 2. The van der Waals surface area contributed by atoms with E-state index in [1.807, 2.05) is 30.3 Å². The van der Waals surface area contributed by atoms with E-state index < -0.39 is 0 Å². The number of ether oxygens (including phenoxy) is 1. The van der Waals surface area contributed by atoms with E-state index in [0.29, 0.717) is 26.9 Å². The summed E-state index contributed by atoms with van der Waals surface area (Å²) in [5.74, 6) is 0.0377. The quantitative estimate of drug-likeness (QED) is 0.351. The van der Waals surface area contributed by atoms with E-state index in [-0.39, 0.29) is 12.4 Å². The Morgan fingerprint density at radius 2 is 1.63 bits per heavy atom. The lowest BCUT2D eigenvalue weighted by Gasteiger charge is -2.11. The van der Waals surface area contributed by atoms with Crippen molar-refractivity contribution in [2.75, 3.05) is 0 Å². The second-order valence-electron chi connectivity index (χ2n) is 5.76. The molecule has 134 valence electrons. The van der Waals surface area contributed by atoms with Crippen molar-refractivity contribution < 1.29 is 9.13 Å². The van der Waals surface area contributed by atoms with Crippen molar-refractivity contribution in [3.05, 3.63) is 99.3 Å². The summed E-state index contributed by atoms with van der Waals surface area (Å²) >= 11 is 12.6. The van der Waals surface area contributed by atoms with Gasteiger partial charge in [0.1, 0.15) is 12.4 Å². The molecule has 0 saturated heterocycles. The van der Waals surface area contributed by atoms with E-state index in [0.717, 1.165) is 11.1 Å². The highest BCUT2D eigenvalue weighted by atomic mass is 35.5. The monoisotopic (exact) mass is 397 g/mol. The zero-order valence-electron chi connectivity index (χ0n) is 14.1. The fourth-order valence-electron chi connectivity index (χ4n) is 2.50. The summed E-state index contributed by atoms with van der Waals surface area (Å²) in [4.78, 5) is 0. The Balaban J connectivity index is 1.83. The molecule has 0 aromatic heterocycles. The first-order chi connectivity index (χ1) is 13.1. The Morgan fingerprint density at radius 3 is 2.22 bits per heavy atom. The number of nitriles is 1. The summed E-state index contributed by atoms with van der Waals surface area (Å²) in [7, 11) is 0. The molecule has 0 aliphatic heterocycles. The summed E-state index contributed by atoms with van der Waals surface area (Å²) in [5, 5.41) is 10.1. The maximum atomic E-state index is 13.0. The van der Waals surface area contributed by atoms with Crippen LogP contribution in [-0.4, -0.2) is 0 Å². The molecule has 0 spiro atoms. The average Bonchev–Trinajstić information content (AvgIpc) is 2.67. The van der Waals surface area contributed by atoms with Crippen molar-refractivity contribution in [3.63, 3.8) is 0 Å². The van der Waals surface area contributed by atoms with Crippen molar-refractivity contribution in [3.8, 4) is 11.8 Å². The van der Waals surface area contributed by atoms with Crippen molar-refractivity contribution in [2.45, 2.75) is 6.61 Å². The minimum atomic E-state index is -0.308. The minimum Gasteiger partial charge on any atom is -0.486 e. The molecule has 0 saturated carbocycles. The molecular weight excluding hydrogens is 384 g/mol. The Morgan fingerprint density at radius 1 is 1.00 bits per heavy atom. The first-order valence-electron chi connectivity index (χ1n) is 8.10. The maximum absolute atomic E-state index is 13.0. The maximum Gasteiger partial charge on any atom is 0.157 e. The van der Waals surface area contributed by atoms with Crippen LogP contribution in [0.15, 0.2) is 66.7 Å². The second kappa shape index (κ2) is 8.73. The van der Waals surface area contributed by atoms with Gasteiger partial charge in [-0.1, -0.05) is 65.7 Å². The van der Waals surface area contributed by atoms with E-state index in [2.05, 4.69) is 6.07 Å². The molecule has 0 unspecified atom stereocenters. The third kappa shape index (κ3) is 4.89. The standard InChI is InChI=1S/C22H14Cl2FNO/c23-20-11-16(10-18(13-26)17-4-2-1-3-5-17)12-21(24)22(20)27-14-15-6-8-19(25)9-7-15/h1-12H,14H2/b18-10+. The van der Waals surface area contributed by atoms with E-state index >= 15 is 0 Å². The number of hydrogen-bond donors (Lipinski definition) is 0. The van der Waals surface area contributed by atoms with Crippen LogP contribution in [0, 0.1) is 17.1 Å².